The first-order valence-electron chi connectivity index (χ1n) is 8.01. The fourth-order valence-corrected chi connectivity index (χ4v) is 3.37. The van der Waals surface area contributed by atoms with E-state index in [1.54, 1.807) is 0 Å². The molecule has 138 valence electrons. The van der Waals surface area contributed by atoms with Crippen LogP contribution in [-0.2, 0) is 10.0 Å². The first kappa shape index (κ1) is 18.5. The summed E-state index contributed by atoms with van der Waals surface area (Å²) in [7, 11) is -4.01. The van der Waals surface area contributed by atoms with Gasteiger partial charge in [-0.25, -0.2) is 23.4 Å². The normalized spacial score (nSPS) is 20.1. The smallest absolute Gasteiger partial charge is 0.254 e. The van der Waals surface area contributed by atoms with Crippen LogP contribution in [0.1, 0.15) is 28.4 Å². The van der Waals surface area contributed by atoms with E-state index in [0.29, 0.717) is 0 Å². The summed E-state index contributed by atoms with van der Waals surface area (Å²) in [6.07, 6.45) is 0.740. The number of hydrogen-bond donors (Lipinski definition) is 4. The second kappa shape index (κ2) is 7.50. The minimum Gasteiger partial charge on any atom is -0.350 e. The third-order valence-electron chi connectivity index (χ3n) is 4.20. The van der Waals surface area contributed by atoms with Crippen molar-refractivity contribution in [1.29, 1.82) is 0 Å². The lowest BCUT2D eigenvalue weighted by Gasteiger charge is -2.12. The molecule has 2 unspecified atom stereocenters. The standard InChI is InChI=1S/C17H19FN4O3S/c18-15-7-6-13(26(19,24)25)9-14(15)17(23)20-10-12-8-16(22-21-12)11-4-2-1-3-5-11/h1-7,9,12,16,21-22H,8,10H2,(H,20,23)(H2,19,24,25). The van der Waals surface area contributed by atoms with Gasteiger partial charge in [-0.2, -0.15) is 0 Å². The summed E-state index contributed by atoms with van der Waals surface area (Å²) in [5, 5.41) is 7.64. The molecule has 2 aromatic carbocycles. The Kier molecular flexibility index (Phi) is 5.33. The Morgan fingerprint density at radius 3 is 2.62 bits per heavy atom. The number of carbonyl (C=O) groups is 1. The molecular formula is C17H19FN4O3S. The summed E-state index contributed by atoms with van der Waals surface area (Å²) in [6, 6.07) is 12.8. The van der Waals surface area contributed by atoms with Crippen LogP contribution in [0.25, 0.3) is 0 Å². The molecule has 3 rings (SSSR count). The molecule has 0 bridgehead atoms. The number of hydrazine groups is 1. The van der Waals surface area contributed by atoms with E-state index in [9.17, 15) is 17.6 Å². The van der Waals surface area contributed by atoms with E-state index in [0.717, 1.165) is 30.2 Å². The fraction of sp³-hybridized carbons (Fsp3) is 0.235. The maximum Gasteiger partial charge on any atom is 0.254 e. The Balaban J connectivity index is 1.61. The molecule has 1 aliphatic rings. The highest BCUT2D eigenvalue weighted by atomic mass is 32.2. The van der Waals surface area contributed by atoms with Crippen molar-refractivity contribution in [2.45, 2.75) is 23.4 Å². The third-order valence-corrected chi connectivity index (χ3v) is 5.11. The zero-order valence-electron chi connectivity index (χ0n) is 13.8. The average molecular weight is 378 g/mol. The minimum absolute atomic E-state index is 0.0476. The SMILES string of the molecule is NS(=O)(=O)c1ccc(F)c(C(=O)NCC2CC(c3ccccc3)NN2)c1. The van der Waals surface area contributed by atoms with E-state index in [1.165, 1.54) is 0 Å². The number of rotatable bonds is 5. The van der Waals surface area contributed by atoms with E-state index < -0.39 is 21.7 Å². The van der Waals surface area contributed by atoms with Crippen LogP contribution < -0.4 is 21.3 Å². The number of hydrogen-bond acceptors (Lipinski definition) is 5. The Morgan fingerprint density at radius 1 is 1.19 bits per heavy atom. The molecule has 0 saturated carbocycles. The summed E-state index contributed by atoms with van der Waals surface area (Å²) in [5.74, 6) is -1.51. The number of nitrogens with one attached hydrogen (secondary N) is 3. The van der Waals surface area contributed by atoms with Crippen LogP contribution >= 0.6 is 0 Å². The number of amides is 1. The molecule has 26 heavy (non-hydrogen) atoms. The van der Waals surface area contributed by atoms with Crippen LogP contribution in [0.2, 0.25) is 0 Å². The van der Waals surface area contributed by atoms with Crippen molar-refractivity contribution in [2.24, 2.45) is 5.14 Å². The Bertz CT molecular complexity index is 905. The summed E-state index contributed by atoms with van der Waals surface area (Å²) in [4.78, 5) is 11.9. The summed E-state index contributed by atoms with van der Waals surface area (Å²) < 4.78 is 36.6. The topological polar surface area (TPSA) is 113 Å². The van der Waals surface area contributed by atoms with Crippen molar-refractivity contribution in [3.63, 3.8) is 0 Å². The van der Waals surface area contributed by atoms with Crippen LogP contribution in [0.5, 0.6) is 0 Å². The molecule has 1 heterocycles. The molecule has 0 aliphatic carbocycles. The van der Waals surface area contributed by atoms with Gasteiger partial charge in [-0.3, -0.25) is 10.2 Å². The van der Waals surface area contributed by atoms with Gasteiger partial charge in [-0.1, -0.05) is 30.3 Å². The Morgan fingerprint density at radius 2 is 1.92 bits per heavy atom. The lowest BCUT2D eigenvalue weighted by atomic mass is 10.0. The van der Waals surface area contributed by atoms with Crippen molar-refractivity contribution >= 4 is 15.9 Å². The van der Waals surface area contributed by atoms with E-state index in [4.69, 9.17) is 5.14 Å². The molecule has 1 aliphatic heterocycles. The second-order valence-corrected chi connectivity index (χ2v) is 7.64. The molecule has 0 radical (unpaired) electrons. The molecule has 0 spiro atoms. The number of primary sulfonamides is 1. The van der Waals surface area contributed by atoms with Crippen molar-refractivity contribution < 1.29 is 17.6 Å². The number of benzene rings is 2. The number of halogens is 1. The highest BCUT2D eigenvalue weighted by molar-refractivity contribution is 7.89. The van der Waals surface area contributed by atoms with Crippen LogP contribution in [0, 0.1) is 5.82 Å². The average Bonchev–Trinajstić information content (AvgIpc) is 3.09. The van der Waals surface area contributed by atoms with Crippen molar-refractivity contribution in [3.8, 4) is 0 Å². The maximum absolute atomic E-state index is 13.9. The Hall–Kier alpha value is -2.33. The molecule has 2 aromatic rings. The van der Waals surface area contributed by atoms with Gasteiger partial charge in [0.05, 0.1) is 10.5 Å². The van der Waals surface area contributed by atoms with Gasteiger partial charge in [0.2, 0.25) is 10.0 Å². The Labute approximate surface area is 150 Å². The first-order valence-corrected chi connectivity index (χ1v) is 9.56. The van der Waals surface area contributed by atoms with Crippen LogP contribution in [-0.4, -0.2) is 26.9 Å². The predicted molar refractivity (Wildman–Crippen MR) is 94.0 cm³/mol. The summed E-state index contributed by atoms with van der Waals surface area (Å²) >= 11 is 0. The highest BCUT2D eigenvalue weighted by Gasteiger charge is 2.25. The van der Waals surface area contributed by atoms with Gasteiger partial charge in [0, 0.05) is 18.6 Å². The first-order chi connectivity index (χ1) is 12.3. The van der Waals surface area contributed by atoms with E-state index in [1.807, 2.05) is 30.3 Å². The molecule has 1 amide bonds. The zero-order valence-corrected chi connectivity index (χ0v) is 14.6. The lowest BCUT2D eigenvalue weighted by molar-refractivity contribution is 0.0945. The number of sulfonamides is 1. The summed E-state index contributed by atoms with van der Waals surface area (Å²) in [6.45, 7) is 0.258. The largest absolute Gasteiger partial charge is 0.350 e. The second-order valence-electron chi connectivity index (χ2n) is 6.08. The molecular weight excluding hydrogens is 359 g/mol. The van der Waals surface area contributed by atoms with Gasteiger partial charge in [-0.05, 0) is 30.2 Å². The van der Waals surface area contributed by atoms with Crippen LogP contribution in [0.15, 0.2) is 53.4 Å². The summed E-state index contributed by atoms with van der Waals surface area (Å²) in [5.41, 5.74) is 7.01. The van der Waals surface area contributed by atoms with Gasteiger partial charge in [0.15, 0.2) is 0 Å². The maximum atomic E-state index is 13.9. The monoisotopic (exact) mass is 378 g/mol. The molecule has 9 heteroatoms. The zero-order chi connectivity index (χ0) is 18.7. The highest BCUT2D eigenvalue weighted by Crippen LogP contribution is 2.21. The van der Waals surface area contributed by atoms with Crippen molar-refractivity contribution in [1.82, 2.24) is 16.2 Å². The fourth-order valence-electron chi connectivity index (χ4n) is 2.83. The number of carbonyl (C=O) groups excluding carboxylic acids is 1. The molecule has 1 saturated heterocycles. The van der Waals surface area contributed by atoms with Gasteiger partial charge in [0.1, 0.15) is 5.82 Å². The lowest BCUT2D eigenvalue weighted by Crippen LogP contribution is -2.40. The minimum atomic E-state index is -4.01. The van der Waals surface area contributed by atoms with E-state index in [-0.39, 0.29) is 29.1 Å². The number of nitrogens with two attached hydrogens (primary N) is 1. The molecule has 1 fully saturated rings. The molecule has 0 aromatic heterocycles. The quantitative estimate of drug-likeness (QED) is 0.615. The van der Waals surface area contributed by atoms with E-state index in [2.05, 4.69) is 16.2 Å². The third kappa shape index (κ3) is 4.25. The van der Waals surface area contributed by atoms with E-state index >= 15 is 0 Å². The van der Waals surface area contributed by atoms with Gasteiger partial charge >= 0.3 is 0 Å². The van der Waals surface area contributed by atoms with Crippen molar-refractivity contribution in [3.05, 3.63) is 65.5 Å². The van der Waals surface area contributed by atoms with Gasteiger partial charge in [0.25, 0.3) is 5.91 Å². The molecule has 5 N–H and O–H groups in total. The predicted octanol–water partition coefficient (Wildman–Crippen LogP) is 0.811. The molecule has 2 atom stereocenters. The van der Waals surface area contributed by atoms with Crippen LogP contribution in [0.3, 0.4) is 0 Å². The molecule has 7 nitrogen and oxygen atoms in total. The van der Waals surface area contributed by atoms with Gasteiger partial charge < -0.3 is 5.32 Å². The van der Waals surface area contributed by atoms with Crippen LogP contribution in [0.4, 0.5) is 4.39 Å². The van der Waals surface area contributed by atoms with Crippen molar-refractivity contribution in [2.75, 3.05) is 6.54 Å². The van der Waals surface area contributed by atoms with Gasteiger partial charge in [-0.15, -0.1) is 0 Å².